The molecule has 4 aliphatic carbocycles. The van der Waals surface area contributed by atoms with E-state index in [1.54, 1.807) is 0 Å². The Morgan fingerprint density at radius 3 is 2.21 bits per heavy atom. The van der Waals surface area contributed by atoms with E-state index in [0.29, 0.717) is 43.9 Å². The van der Waals surface area contributed by atoms with Gasteiger partial charge in [-0.2, -0.15) is 5.10 Å². The molecule has 5 rings (SSSR count). The Hall–Kier alpha value is -0.910. The van der Waals surface area contributed by atoms with Gasteiger partial charge in [0.25, 0.3) is 0 Å². The highest BCUT2D eigenvalue weighted by molar-refractivity contribution is 14.1. The molecule has 0 radical (unpaired) electrons. The van der Waals surface area contributed by atoms with Crippen molar-refractivity contribution in [1.29, 1.82) is 0 Å². The minimum atomic E-state index is -0.444. The molecule has 0 saturated heterocycles. The summed E-state index contributed by atoms with van der Waals surface area (Å²) in [7, 11) is 1.53. The summed E-state index contributed by atoms with van der Waals surface area (Å²) in [4.78, 5) is 11.0. The van der Waals surface area contributed by atoms with Gasteiger partial charge in [-0.1, -0.05) is 13.8 Å². The number of hydrogen-bond donors (Lipinski definition) is 1. The molecule has 34 heavy (non-hydrogen) atoms. The standard InChI is InChI=1S/C25H40IN3O5/c1-19-20(26)11-28-29(19)18-24-13-22(2)12-23(3,14-24)16-25(15-22,17-24)34-10-8-32-6-5-31-7-9-33-21(30)27-4/h11H,5-10,12-18H2,1-4H3,(H,27,30). The highest BCUT2D eigenvalue weighted by Gasteiger charge is 2.66. The van der Waals surface area contributed by atoms with Crippen molar-refractivity contribution in [3.63, 3.8) is 0 Å². The first-order chi connectivity index (χ1) is 16.1. The maximum Gasteiger partial charge on any atom is 0.406 e. The number of amides is 1. The van der Waals surface area contributed by atoms with Gasteiger partial charge in [-0.3, -0.25) is 4.68 Å². The summed E-state index contributed by atoms with van der Waals surface area (Å²) in [5, 5.41) is 7.10. The maximum absolute atomic E-state index is 11.0. The Balaban J connectivity index is 1.26. The predicted molar refractivity (Wildman–Crippen MR) is 137 cm³/mol. The molecular formula is C25H40IN3O5. The summed E-state index contributed by atoms with van der Waals surface area (Å²) in [5.74, 6) is 0. The summed E-state index contributed by atoms with van der Waals surface area (Å²) < 4.78 is 26.2. The zero-order chi connectivity index (χ0) is 24.5. The molecule has 1 N–H and O–H groups in total. The van der Waals surface area contributed by atoms with E-state index in [1.807, 2.05) is 6.20 Å². The molecule has 4 saturated carbocycles. The van der Waals surface area contributed by atoms with Crippen LogP contribution in [0.2, 0.25) is 0 Å². The second-order valence-electron chi connectivity index (χ2n) is 11.6. The quantitative estimate of drug-likeness (QED) is 0.289. The third-order valence-electron chi connectivity index (χ3n) is 7.85. The Bertz CT molecular complexity index is 857. The van der Waals surface area contributed by atoms with Crippen LogP contribution in [0.4, 0.5) is 4.79 Å². The van der Waals surface area contributed by atoms with Crippen LogP contribution < -0.4 is 5.32 Å². The third-order valence-corrected chi connectivity index (χ3v) is 8.91. The molecule has 8 nitrogen and oxygen atoms in total. The van der Waals surface area contributed by atoms with Crippen molar-refractivity contribution in [2.24, 2.45) is 16.2 Å². The van der Waals surface area contributed by atoms with E-state index in [9.17, 15) is 4.79 Å². The fraction of sp³-hybridized carbons (Fsp3) is 0.840. The molecule has 4 aliphatic rings. The van der Waals surface area contributed by atoms with Crippen LogP contribution in [0.25, 0.3) is 0 Å². The zero-order valence-corrected chi connectivity index (χ0v) is 23.2. The average molecular weight is 590 g/mol. The summed E-state index contributed by atoms with van der Waals surface area (Å²) in [6, 6.07) is 0. The van der Waals surface area contributed by atoms with Crippen LogP contribution in [0, 0.1) is 26.7 Å². The van der Waals surface area contributed by atoms with E-state index < -0.39 is 6.09 Å². The first-order valence-electron chi connectivity index (χ1n) is 12.4. The lowest BCUT2D eigenvalue weighted by molar-refractivity contribution is -0.250. The van der Waals surface area contributed by atoms with Gasteiger partial charge < -0.3 is 24.3 Å². The maximum atomic E-state index is 11.0. The van der Waals surface area contributed by atoms with Gasteiger partial charge in [-0.25, -0.2) is 4.79 Å². The molecule has 1 aromatic heterocycles. The SMILES string of the molecule is CNC(=O)OCCOCCOCCOC12CC3(C)CC(C)(CC(Cn4ncc(I)c4C)(C3)C1)C2. The summed E-state index contributed by atoms with van der Waals surface area (Å²) in [5.41, 5.74) is 2.15. The number of carbonyl (C=O) groups excluding carboxylic acids is 1. The van der Waals surface area contributed by atoms with E-state index in [4.69, 9.17) is 24.0 Å². The molecule has 4 bridgehead atoms. The lowest BCUT2D eigenvalue weighted by Crippen LogP contribution is -2.64. The third kappa shape index (κ3) is 5.90. The minimum Gasteiger partial charge on any atom is -0.447 e. The van der Waals surface area contributed by atoms with Crippen molar-refractivity contribution >= 4 is 28.7 Å². The van der Waals surface area contributed by atoms with Crippen LogP contribution in [0.5, 0.6) is 0 Å². The number of rotatable bonds is 12. The fourth-order valence-electron chi connectivity index (χ4n) is 7.96. The minimum absolute atomic E-state index is 0.0521. The Morgan fingerprint density at radius 1 is 1.00 bits per heavy atom. The van der Waals surface area contributed by atoms with Gasteiger partial charge in [0.2, 0.25) is 0 Å². The Morgan fingerprint density at radius 2 is 1.62 bits per heavy atom. The summed E-state index contributed by atoms with van der Waals surface area (Å²) in [6.07, 6.45) is 8.82. The highest BCUT2D eigenvalue weighted by atomic mass is 127. The molecule has 4 fully saturated rings. The van der Waals surface area contributed by atoms with Crippen LogP contribution in [0.3, 0.4) is 0 Å². The smallest absolute Gasteiger partial charge is 0.406 e. The number of hydrogen-bond acceptors (Lipinski definition) is 6. The van der Waals surface area contributed by atoms with Gasteiger partial charge in [0, 0.05) is 19.3 Å². The molecule has 0 aromatic carbocycles. The first-order valence-corrected chi connectivity index (χ1v) is 13.5. The van der Waals surface area contributed by atoms with Gasteiger partial charge in [0.15, 0.2) is 0 Å². The molecule has 2 atom stereocenters. The van der Waals surface area contributed by atoms with Crippen LogP contribution in [-0.2, 0) is 25.5 Å². The van der Waals surface area contributed by atoms with Crippen LogP contribution >= 0.6 is 22.6 Å². The van der Waals surface area contributed by atoms with Gasteiger partial charge in [-0.05, 0) is 84.3 Å². The Kier molecular flexibility index (Phi) is 7.86. The van der Waals surface area contributed by atoms with Gasteiger partial charge >= 0.3 is 6.09 Å². The van der Waals surface area contributed by atoms with Crippen molar-refractivity contribution in [1.82, 2.24) is 15.1 Å². The number of alkyl carbamates (subject to hydrolysis) is 1. The lowest BCUT2D eigenvalue weighted by atomic mass is 9.39. The molecule has 0 aliphatic heterocycles. The van der Waals surface area contributed by atoms with E-state index in [-0.39, 0.29) is 17.6 Å². The van der Waals surface area contributed by atoms with E-state index in [0.717, 1.165) is 25.8 Å². The number of carbonyl (C=O) groups is 1. The van der Waals surface area contributed by atoms with E-state index >= 15 is 0 Å². The second-order valence-corrected chi connectivity index (χ2v) is 12.7. The molecule has 192 valence electrons. The van der Waals surface area contributed by atoms with Gasteiger partial charge in [-0.15, -0.1) is 0 Å². The topological polar surface area (TPSA) is 83.8 Å². The summed E-state index contributed by atoms with van der Waals surface area (Å²) in [6.45, 7) is 10.9. The molecule has 1 amide bonds. The second kappa shape index (κ2) is 10.2. The number of halogens is 1. The fourth-order valence-corrected chi connectivity index (χ4v) is 8.36. The van der Waals surface area contributed by atoms with E-state index in [1.165, 1.54) is 35.6 Å². The molecular weight excluding hydrogens is 549 g/mol. The average Bonchev–Trinajstić information content (AvgIpc) is 3.03. The molecule has 2 unspecified atom stereocenters. The monoisotopic (exact) mass is 589 g/mol. The predicted octanol–water partition coefficient (Wildman–Crippen LogP) is 4.32. The molecule has 9 heteroatoms. The van der Waals surface area contributed by atoms with Crippen molar-refractivity contribution < 1.29 is 23.7 Å². The number of nitrogens with zero attached hydrogens (tertiary/aromatic N) is 2. The lowest BCUT2D eigenvalue weighted by Gasteiger charge is -2.69. The summed E-state index contributed by atoms with van der Waals surface area (Å²) >= 11 is 2.38. The van der Waals surface area contributed by atoms with Crippen LogP contribution in [0.15, 0.2) is 6.20 Å². The van der Waals surface area contributed by atoms with Crippen molar-refractivity contribution in [2.75, 3.05) is 46.7 Å². The number of ether oxygens (including phenoxy) is 4. The van der Waals surface area contributed by atoms with Crippen LogP contribution in [-0.4, -0.2) is 68.2 Å². The molecule has 0 spiro atoms. The van der Waals surface area contributed by atoms with Gasteiger partial charge in [0.1, 0.15) is 6.61 Å². The largest absolute Gasteiger partial charge is 0.447 e. The number of aromatic nitrogens is 2. The van der Waals surface area contributed by atoms with Crippen molar-refractivity contribution in [3.05, 3.63) is 15.5 Å². The molecule has 1 heterocycles. The first kappa shape index (κ1) is 26.2. The Labute approximate surface area is 216 Å². The molecule has 1 aromatic rings. The van der Waals surface area contributed by atoms with E-state index in [2.05, 4.69) is 53.4 Å². The number of nitrogens with one attached hydrogen (secondary N) is 1. The van der Waals surface area contributed by atoms with Crippen molar-refractivity contribution in [2.45, 2.75) is 71.4 Å². The van der Waals surface area contributed by atoms with Crippen molar-refractivity contribution in [3.8, 4) is 0 Å². The highest BCUT2D eigenvalue weighted by Crippen LogP contribution is 2.72. The van der Waals surface area contributed by atoms with Gasteiger partial charge in [0.05, 0.1) is 48.4 Å². The van der Waals surface area contributed by atoms with Crippen LogP contribution in [0.1, 0.15) is 58.1 Å². The normalized spacial score (nSPS) is 33.9. The zero-order valence-electron chi connectivity index (χ0n) is 21.1.